The van der Waals surface area contributed by atoms with Crippen LogP contribution in [-0.4, -0.2) is 28.8 Å². The van der Waals surface area contributed by atoms with Crippen molar-refractivity contribution in [2.24, 2.45) is 0 Å². The summed E-state index contributed by atoms with van der Waals surface area (Å²) in [6.45, 7) is 3.74. The first-order valence-electron chi connectivity index (χ1n) is 8.61. The number of urea groups is 1. The van der Waals surface area contributed by atoms with Gasteiger partial charge in [0.2, 0.25) is 0 Å². The second-order valence-corrected chi connectivity index (χ2v) is 6.56. The lowest BCUT2D eigenvalue weighted by atomic mass is 10.2. The van der Waals surface area contributed by atoms with Gasteiger partial charge in [0.25, 0.3) is 5.91 Å². The summed E-state index contributed by atoms with van der Waals surface area (Å²) in [5, 5.41) is 13.0. The highest BCUT2D eigenvalue weighted by molar-refractivity contribution is 6.31. The van der Waals surface area contributed by atoms with Gasteiger partial charge in [0, 0.05) is 24.0 Å². The van der Waals surface area contributed by atoms with E-state index in [1.54, 1.807) is 48.1 Å². The van der Waals surface area contributed by atoms with Crippen molar-refractivity contribution in [1.29, 1.82) is 0 Å². The van der Waals surface area contributed by atoms with E-state index in [1.807, 2.05) is 26.0 Å². The number of aromatic nitrogens is 2. The Hall–Kier alpha value is -3.32. The fourth-order valence-corrected chi connectivity index (χ4v) is 2.78. The van der Waals surface area contributed by atoms with Gasteiger partial charge in [-0.05, 0) is 62.4 Å². The molecule has 3 rings (SSSR count). The summed E-state index contributed by atoms with van der Waals surface area (Å²) in [7, 11) is 1.54. The monoisotopic (exact) mass is 397 g/mol. The minimum atomic E-state index is -0.305. The van der Waals surface area contributed by atoms with E-state index in [2.05, 4.69) is 21.0 Å². The zero-order valence-corrected chi connectivity index (χ0v) is 16.5. The normalized spacial score (nSPS) is 10.4. The first kappa shape index (κ1) is 19.4. The lowest BCUT2D eigenvalue weighted by Crippen LogP contribution is -2.24. The number of benzene rings is 2. The molecule has 3 aromatic rings. The Morgan fingerprint density at radius 1 is 0.929 bits per heavy atom. The lowest BCUT2D eigenvalue weighted by molar-refractivity contribution is 0.102. The molecule has 0 spiro atoms. The number of aryl methyl sites for hydroxylation is 1. The van der Waals surface area contributed by atoms with Crippen LogP contribution in [0.2, 0.25) is 5.02 Å². The third kappa shape index (κ3) is 4.15. The Balaban J connectivity index is 1.69. The van der Waals surface area contributed by atoms with E-state index < -0.39 is 0 Å². The highest BCUT2D eigenvalue weighted by atomic mass is 35.5. The third-order valence-corrected chi connectivity index (χ3v) is 4.75. The van der Waals surface area contributed by atoms with Gasteiger partial charge in [-0.3, -0.25) is 4.79 Å². The van der Waals surface area contributed by atoms with E-state index in [4.69, 9.17) is 11.6 Å². The molecule has 2 aromatic carbocycles. The predicted octanol–water partition coefficient (Wildman–Crippen LogP) is 4.15. The van der Waals surface area contributed by atoms with Gasteiger partial charge in [-0.25, -0.2) is 9.48 Å². The van der Waals surface area contributed by atoms with Crippen molar-refractivity contribution in [3.05, 3.63) is 70.5 Å². The zero-order valence-electron chi connectivity index (χ0n) is 15.7. The maximum Gasteiger partial charge on any atom is 0.318 e. The van der Waals surface area contributed by atoms with Crippen LogP contribution in [0.25, 0.3) is 5.69 Å². The topological polar surface area (TPSA) is 88.0 Å². The smallest absolute Gasteiger partial charge is 0.318 e. The maximum atomic E-state index is 12.5. The molecule has 0 bridgehead atoms. The van der Waals surface area contributed by atoms with Crippen molar-refractivity contribution in [3.8, 4) is 5.69 Å². The molecule has 1 heterocycles. The molecule has 0 atom stereocenters. The van der Waals surface area contributed by atoms with Gasteiger partial charge in [-0.2, -0.15) is 5.10 Å². The molecule has 1 aromatic heterocycles. The van der Waals surface area contributed by atoms with Crippen LogP contribution < -0.4 is 16.0 Å². The second kappa shape index (κ2) is 8.14. The lowest BCUT2D eigenvalue weighted by Gasteiger charge is -2.09. The van der Waals surface area contributed by atoms with E-state index in [-0.39, 0.29) is 11.9 Å². The SMILES string of the molecule is CNC(=O)Nc1ccc(NC(=O)c2ccc(-n3nc(C)c(Cl)c3C)cc2)cc1. The Labute approximate surface area is 167 Å². The molecule has 0 fully saturated rings. The molecular formula is C20H20ClN5O2. The summed E-state index contributed by atoms with van der Waals surface area (Å²) in [6, 6.07) is 13.7. The highest BCUT2D eigenvalue weighted by Gasteiger charge is 2.12. The van der Waals surface area contributed by atoms with Crippen molar-refractivity contribution < 1.29 is 9.59 Å². The van der Waals surface area contributed by atoms with Crippen molar-refractivity contribution in [3.63, 3.8) is 0 Å². The van der Waals surface area contributed by atoms with E-state index in [1.165, 1.54) is 0 Å². The number of amides is 3. The zero-order chi connectivity index (χ0) is 20.3. The first-order valence-corrected chi connectivity index (χ1v) is 8.99. The minimum absolute atomic E-state index is 0.232. The fraction of sp³-hybridized carbons (Fsp3) is 0.150. The summed E-state index contributed by atoms with van der Waals surface area (Å²) in [5.74, 6) is -0.232. The van der Waals surface area contributed by atoms with E-state index in [0.29, 0.717) is 22.0 Å². The van der Waals surface area contributed by atoms with Gasteiger partial charge >= 0.3 is 6.03 Å². The van der Waals surface area contributed by atoms with E-state index >= 15 is 0 Å². The molecule has 0 saturated heterocycles. The number of rotatable bonds is 4. The highest BCUT2D eigenvalue weighted by Crippen LogP contribution is 2.22. The fourth-order valence-electron chi connectivity index (χ4n) is 2.66. The number of hydrogen-bond donors (Lipinski definition) is 3. The Bertz CT molecular complexity index is 1010. The molecule has 28 heavy (non-hydrogen) atoms. The summed E-state index contributed by atoms with van der Waals surface area (Å²) >= 11 is 6.19. The summed E-state index contributed by atoms with van der Waals surface area (Å²) in [5.41, 5.74) is 4.21. The largest absolute Gasteiger partial charge is 0.341 e. The number of nitrogens with one attached hydrogen (secondary N) is 3. The van der Waals surface area contributed by atoms with Crippen molar-refractivity contribution in [2.75, 3.05) is 17.7 Å². The predicted molar refractivity (Wildman–Crippen MR) is 111 cm³/mol. The minimum Gasteiger partial charge on any atom is -0.341 e. The number of anilines is 2. The average Bonchev–Trinajstić information content (AvgIpc) is 2.96. The van der Waals surface area contributed by atoms with Crippen LogP contribution in [0.3, 0.4) is 0 Å². The first-order chi connectivity index (χ1) is 13.4. The molecule has 7 nitrogen and oxygen atoms in total. The third-order valence-electron chi connectivity index (χ3n) is 4.20. The molecule has 0 radical (unpaired) electrons. The van der Waals surface area contributed by atoms with Crippen LogP contribution in [0, 0.1) is 13.8 Å². The van der Waals surface area contributed by atoms with Gasteiger partial charge in [-0.1, -0.05) is 11.6 Å². The standard InChI is InChI=1S/C20H20ClN5O2/c1-12-18(21)13(2)26(25-12)17-10-4-14(5-11-17)19(27)23-15-6-8-16(9-7-15)24-20(28)22-3/h4-11H,1-3H3,(H,23,27)(H2,22,24,28). The second-order valence-electron chi connectivity index (χ2n) is 6.18. The number of carbonyl (C=O) groups excluding carboxylic acids is 2. The summed E-state index contributed by atoms with van der Waals surface area (Å²) < 4.78 is 1.75. The number of hydrogen-bond acceptors (Lipinski definition) is 3. The number of carbonyl (C=O) groups is 2. The van der Waals surface area contributed by atoms with E-state index in [9.17, 15) is 9.59 Å². The van der Waals surface area contributed by atoms with Gasteiger partial charge in [0.1, 0.15) is 0 Å². The van der Waals surface area contributed by atoms with Gasteiger partial charge in [-0.15, -0.1) is 0 Å². The average molecular weight is 398 g/mol. The van der Waals surface area contributed by atoms with Crippen LogP contribution in [0.4, 0.5) is 16.2 Å². The Morgan fingerprint density at radius 2 is 1.50 bits per heavy atom. The van der Waals surface area contributed by atoms with Gasteiger partial charge < -0.3 is 16.0 Å². The van der Waals surface area contributed by atoms with Gasteiger partial charge in [0.15, 0.2) is 0 Å². The number of halogens is 1. The van der Waals surface area contributed by atoms with Crippen LogP contribution >= 0.6 is 11.6 Å². The van der Waals surface area contributed by atoms with Crippen LogP contribution in [0.15, 0.2) is 48.5 Å². The Kier molecular flexibility index (Phi) is 5.65. The molecule has 144 valence electrons. The van der Waals surface area contributed by atoms with Crippen LogP contribution in [0.5, 0.6) is 0 Å². The van der Waals surface area contributed by atoms with Crippen molar-refractivity contribution >= 4 is 34.9 Å². The summed E-state index contributed by atoms with van der Waals surface area (Å²) in [6.07, 6.45) is 0. The molecule has 8 heteroatoms. The molecule has 0 saturated carbocycles. The van der Waals surface area contributed by atoms with Gasteiger partial charge in [0.05, 0.1) is 22.1 Å². The molecule has 0 aliphatic heterocycles. The molecule has 3 N–H and O–H groups in total. The number of nitrogens with zero attached hydrogens (tertiary/aromatic N) is 2. The molecule has 0 aliphatic rings. The molecule has 0 aliphatic carbocycles. The van der Waals surface area contributed by atoms with Crippen LogP contribution in [-0.2, 0) is 0 Å². The van der Waals surface area contributed by atoms with E-state index in [0.717, 1.165) is 17.1 Å². The quantitative estimate of drug-likeness (QED) is 0.618. The van der Waals surface area contributed by atoms with Crippen molar-refractivity contribution in [2.45, 2.75) is 13.8 Å². The summed E-state index contributed by atoms with van der Waals surface area (Å²) in [4.78, 5) is 23.8. The maximum absolute atomic E-state index is 12.5. The molecular weight excluding hydrogens is 378 g/mol. The molecule has 0 unspecified atom stereocenters. The Morgan fingerprint density at radius 3 is 2.00 bits per heavy atom. The van der Waals surface area contributed by atoms with Crippen LogP contribution in [0.1, 0.15) is 21.7 Å². The van der Waals surface area contributed by atoms with Crippen molar-refractivity contribution in [1.82, 2.24) is 15.1 Å². The molecule has 3 amide bonds.